The molecule has 150 valence electrons. The molecule has 0 bridgehead atoms. The summed E-state index contributed by atoms with van der Waals surface area (Å²) >= 11 is 0. The number of aromatic amines is 1. The lowest BCUT2D eigenvalue weighted by molar-refractivity contribution is 0.0743. The van der Waals surface area contributed by atoms with Crippen LogP contribution < -0.4 is 4.74 Å². The van der Waals surface area contributed by atoms with Gasteiger partial charge in [-0.3, -0.25) is 9.89 Å². The molecule has 1 amide bonds. The molecule has 1 aliphatic heterocycles. The van der Waals surface area contributed by atoms with Gasteiger partial charge < -0.3 is 14.7 Å². The van der Waals surface area contributed by atoms with Crippen LogP contribution in [0.3, 0.4) is 0 Å². The lowest BCUT2D eigenvalue weighted by atomic mass is 9.95. The van der Waals surface area contributed by atoms with Crippen molar-refractivity contribution in [3.05, 3.63) is 65.4 Å². The smallest absolute Gasteiger partial charge is 0.273 e. The number of nitrogens with zero attached hydrogens (tertiary/aromatic N) is 2. The molecule has 6 heteroatoms. The Balaban J connectivity index is 1.84. The van der Waals surface area contributed by atoms with Crippen molar-refractivity contribution in [2.45, 2.75) is 32.7 Å². The van der Waals surface area contributed by atoms with Crippen molar-refractivity contribution in [1.82, 2.24) is 15.1 Å². The molecule has 2 N–H and O–H groups in total. The number of nitrogens with one attached hydrogen (secondary N) is 1. The van der Waals surface area contributed by atoms with Gasteiger partial charge in [-0.05, 0) is 42.7 Å². The first-order chi connectivity index (χ1) is 14.2. The molecule has 6 nitrogen and oxygen atoms in total. The molecular formula is C23H25N3O3. The first-order valence-corrected chi connectivity index (χ1v) is 10.1. The Bertz CT molecular complexity index is 1030. The maximum atomic E-state index is 13.1. The van der Waals surface area contributed by atoms with Gasteiger partial charge in [0.05, 0.1) is 12.6 Å². The molecule has 0 saturated heterocycles. The predicted octanol–water partition coefficient (Wildman–Crippen LogP) is 4.53. The summed E-state index contributed by atoms with van der Waals surface area (Å²) < 4.78 is 5.81. The van der Waals surface area contributed by atoms with E-state index >= 15 is 0 Å². The highest BCUT2D eigenvalue weighted by Crippen LogP contribution is 2.44. The van der Waals surface area contributed by atoms with E-state index in [1.165, 1.54) is 0 Å². The Morgan fingerprint density at radius 3 is 2.72 bits per heavy atom. The van der Waals surface area contributed by atoms with E-state index in [1.807, 2.05) is 41.3 Å². The number of carbonyl (C=O) groups excluding carboxylic acids is 1. The highest BCUT2D eigenvalue weighted by molar-refractivity contribution is 6.00. The topological polar surface area (TPSA) is 78.5 Å². The molecule has 1 aromatic heterocycles. The first-order valence-electron chi connectivity index (χ1n) is 10.1. The lowest BCUT2D eigenvalue weighted by Gasteiger charge is -2.26. The summed E-state index contributed by atoms with van der Waals surface area (Å²) in [6, 6.07) is 14.7. The Morgan fingerprint density at radius 2 is 1.97 bits per heavy atom. The Hall–Kier alpha value is -3.28. The Morgan fingerprint density at radius 1 is 1.14 bits per heavy atom. The van der Waals surface area contributed by atoms with Crippen molar-refractivity contribution < 1.29 is 14.6 Å². The van der Waals surface area contributed by atoms with Crippen LogP contribution in [-0.2, 0) is 0 Å². The van der Waals surface area contributed by atoms with Crippen LogP contribution in [0.2, 0.25) is 0 Å². The van der Waals surface area contributed by atoms with Gasteiger partial charge in [0.1, 0.15) is 22.9 Å². The largest absolute Gasteiger partial charge is 0.507 e. The molecule has 1 atom stereocenters. The molecule has 2 aromatic carbocycles. The Labute approximate surface area is 170 Å². The number of fused-ring (bicyclic) bond motifs is 1. The van der Waals surface area contributed by atoms with Crippen molar-refractivity contribution in [3.63, 3.8) is 0 Å². The zero-order valence-corrected chi connectivity index (χ0v) is 16.7. The van der Waals surface area contributed by atoms with Crippen molar-refractivity contribution in [2.75, 3.05) is 13.2 Å². The number of rotatable bonds is 7. The van der Waals surface area contributed by atoms with Gasteiger partial charge in [-0.1, -0.05) is 38.1 Å². The molecule has 29 heavy (non-hydrogen) atoms. The number of phenolic OH excluding ortho intramolecular Hbond substituents is 1. The summed E-state index contributed by atoms with van der Waals surface area (Å²) in [6.45, 7) is 5.40. The number of carbonyl (C=O) groups is 1. The maximum Gasteiger partial charge on any atom is 0.273 e. The standard InChI is InChI=1S/C23H25N3O3/c1-3-12-26-22(15-8-7-9-16(14-15)29-13-4-2)19-20(24-25-21(19)23(26)28)17-10-5-6-11-18(17)27/h5-11,14,22,27H,3-4,12-13H2,1-2H3,(H,24,25)/t22-/m0/s1. The molecule has 0 radical (unpaired) electrons. The summed E-state index contributed by atoms with van der Waals surface area (Å²) in [6.07, 6.45) is 1.77. The van der Waals surface area contributed by atoms with Gasteiger partial charge in [0.15, 0.2) is 0 Å². The average Bonchev–Trinajstić information content (AvgIpc) is 3.27. The van der Waals surface area contributed by atoms with Crippen LogP contribution >= 0.6 is 0 Å². The van der Waals surface area contributed by atoms with E-state index in [-0.39, 0.29) is 17.7 Å². The fraction of sp³-hybridized carbons (Fsp3) is 0.304. The fourth-order valence-corrected chi connectivity index (χ4v) is 3.89. The Kier molecular flexibility index (Phi) is 5.25. The highest BCUT2D eigenvalue weighted by Gasteiger charge is 2.42. The van der Waals surface area contributed by atoms with Crippen LogP contribution in [-0.4, -0.2) is 39.3 Å². The third-order valence-electron chi connectivity index (χ3n) is 5.13. The molecule has 4 rings (SSSR count). The third kappa shape index (κ3) is 3.35. The van der Waals surface area contributed by atoms with Crippen LogP contribution in [0.15, 0.2) is 48.5 Å². The predicted molar refractivity (Wildman–Crippen MR) is 111 cm³/mol. The van der Waals surface area contributed by atoms with E-state index in [0.717, 1.165) is 29.7 Å². The number of benzene rings is 2. The van der Waals surface area contributed by atoms with Gasteiger partial charge in [-0.2, -0.15) is 5.10 Å². The number of para-hydroxylation sites is 1. The SMILES string of the molecule is CCCOc1cccc([C@H]2c3c(-c4ccccc4O)n[nH]c3C(=O)N2CCC)c1. The minimum atomic E-state index is -0.281. The van der Waals surface area contributed by atoms with Crippen LogP contribution in [0.1, 0.15) is 54.3 Å². The monoisotopic (exact) mass is 391 g/mol. The number of phenols is 1. The molecule has 0 fully saturated rings. The zero-order valence-electron chi connectivity index (χ0n) is 16.7. The summed E-state index contributed by atoms with van der Waals surface area (Å²) in [5.74, 6) is 0.858. The third-order valence-corrected chi connectivity index (χ3v) is 5.13. The van der Waals surface area contributed by atoms with Gasteiger partial charge in [0.25, 0.3) is 5.91 Å². The summed E-state index contributed by atoms with van der Waals surface area (Å²) in [5.41, 5.74) is 3.48. The van der Waals surface area contributed by atoms with E-state index in [0.29, 0.717) is 30.1 Å². The minimum Gasteiger partial charge on any atom is -0.507 e. The molecule has 1 aliphatic rings. The van der Waals surface area contributed by atoms with Crippen LogP contribution in [0.25, 0.3) is 11.3 Å². The van der Waals surface area contributed by atoms with Crippen molar-refractivity contribution in [2.24, 2.45) is 0 Å². The number of ether oxygens (including phenoxy) is 1. The normalized spacial score (nSPS) is 15.6. The lowest BCUT2D eigenvalue weighted by Crippen LogP contribution is -2.30. The van der Waals surface area contributed by atoms with Crippen molar-refractivity contribution in [3.8, 4) is 22.8 Å². The minimum absolute atomic E-state index is 0.0686. The second kappa shape index (κ2) is 7.99. The molecule has 0 unspecified atom stereocenters. The van der Waals surface area contributed by atoms with Gasteiger partial charge in [-0.25, -0.2) is 0 Å². The van der Waals surface area contributed by atoms with Gasteiger partial charge in [-0.15, -0.1) is 0 Å². The zero-order chi connectivity index (χ0) is 20.4. The highest BCUT2D eigenvalue weighted by atomic mass is 16.5. The number of hydrogen-bond donors (Lipinski definition) is 2. The molecular weight excluding hydrogens is 366 g/mol. The van der Waals surface area contributed by atoms with E-state index in [1.54, 1.807) is 12.1 Å². The van der Waals surface area contributed by atoms with Gasteiger partial charge in [0.2, 0.25) is 0 Å². The number of aromatic hydroxyl groups is 1. The van der Waals surface area contributed by atoms with Crippen LogP contribution in [0.5, 0.6) is 11.5 Å². The summed E-state index contributed by atoms with van der Waals surface area (Å²) in [5, 5.41) is 17.7. The van der Waals surface area contributed by atoms with Gasteiger partial charge >= 0.3 is 0 Å². The number of hydrogen-bond acceptors (Lipinski definition) is 4. The molecule has 2 heterocycles. The summed E-state index contributed by atoms with van der Waals surface area (Å²) in [7, 11) is 0. The van der Waals surface area contributed by atoms with E-state index in [4.69, 9.17) is 4.74 Å². The van der Waals surface area contributed by atoms with Crippen LogP contribution in [0.4, 0.5) is 0 Å². The van der Waals surface area contributed by atoms with E-state index in [9.17, 15) is 9.90 Å². The number of amides is 1. The average molecular weight is 391 g/mol. The van der Waals surface area contributed by atoms with Gasteiger partial charge in [0, 0.05) is 17.7 Å². The van der Waals surface area contributed by atoms with E-state index in [2.05, 4.69) is 24.0 Å². The maximum absolute atomic E-state index is 13.1. The first kappa shape index (κ1) is 19.1. The van der Waals surface area contributed by atoms with Crippen LogP contribution in [0, 0.1) is 0 Å². The summed E-state index contributed by atoms with van der Waals surface area (Å²) in [4.78, 5) is 15.0. The molecule has 0 aliphatic carbocycles. The van der Waals surface area contributed by atoms with Crippen molar-refractivity contribution in [1.29, 1.82) is 0 Å². The second-order valence-corrected chi connectivity index (χ2v) is 7.20. The molecule has 0 saturated carbocycles. The quantitative estimate of drug-likeness (QED) is 0.620. The number of H-pyrrole nitrogens is 1. The molecule has 0 spiro atoms. The molecule has 3 aromatic rings. The second-order valence-electron chi connectivity index (χ2n) is 7.20. The van der Waals surface area contributed by atoms with Crippen molar-refractivity contribution >= 4 is 5.91 Å². The van der Waals surface area contributed by atoms with E-state index < -0.39 is 0 Å². The number of aromatic nitrogens is 2. The fourth-order valence-electron chi connectivity index (χ4n) is 3.89.